The molecule has 0 spiro atoms. The Kier molecular flexibility index (Phi) is 6.24. The molecule has 1 amide bonds. The molecule has 0 aliphatic heterocycles. The summed E-state index contributed by atoms with van der Waals surface area (Å²) in [6, 6.07) is 13.1. The lowest BCUT2D eigenvalue weighted by Gasteiger charge is -2.14. The number of amides is 1. The summed E-state index contributed by atoms with van der Waals surface area (Å²) in [5.74, 6) is -1.06. The van der Waals surface area contributed by atoms with Crippen LogP contribution in [-0.2, 0) is 27.2 Å². The Bertz CT molecular complexity index is 886. The molecule has 1 aliphatic carbocycles. The highest BCUT2D eigenvalue weighted by Crippen LogP contribution is 2.25. The van der Waals surface area contributed by atoms with Crippen LogP contribution in [0, 0.1) is 6.92 Å². The molecule has 0 bridgehead atoms. The Balaban J connectivity index is 1.46. The third kappa shape index (κ3) is 5.06. The Morgan fingerprint density at radius 2 is 1.71 bits per heavy atom. The van der Waals surface area contributed by atoms with E-state index < -0.39 is 12.1 Å². The Hall–Kier alpha value is -2.95. The largest absolute Gasteiger partial charge is 0.453 e. The van der Waals surface area contributed by atoms with E-state index in [1.807, 2.05) is 37.3 Å². The van der Waals surface area contributed by atoms with Gasteiger partial charge in [0.25, 0.3) is 5.91 Å². The highest BCUT2D eigenvalue weighted by molar-refractivity contribution is 5.98. The van der Waals surface area contributed by atoms with E-state index in [1.54, 1.807) is 12.1 Å². The lowest BCUT2D eigenvalue weighted by molar-refractivity contribution is -0.153. The van der Waals surface area contributed by atoms with Crippen molar-refractivity contribution < 1.29 is 19.1 Å². The van der Waals surface area contributed by atoms with Crippen LogP contribution < -0.4 is 5.32 Å². The number of nitrogens with one attached hydrogen (secondary N) is 1. The number of Topliss-reactive ketones (excluding diaryl/α,β-unsaturated/α-hetero) is 1. The van der Waals surface area contributed by atoms with Crippen LogP contribution in [0.15, 0.2) is 42.5 Å². The van der Waals surface area contributed by atoms with Crippen LogP contribution in [0.3, 0.4) is 0 Å². The van der Waals surface area contributed by atoms with E-state index in [2.05, 4.69) is 5.32 Å². The van der Waals surface area contributed by atoms with Crippen LogP contribution in [0.4, 0.5) is 5.69 Å². The number of ether oxygens (including phenoxy) is 1. The minimum absolute atomic E-state index is 0.0524. The molecular weight excluding hydrogens is 354 g/mol. The molecule has 1 aliphatic rings. The summed E-state index contributed by atoms with van der Waals surface area (Å²) in [5.41, 5.74) is 4.94. The van der Waals surface area contributed by atoms with Gasteiger partial charge in [0.2, 0.25) is 0 Å². The highest BCUT2D eigenvalue weighted by atomic mass is 16.5. The van der Waals surface area contributed by atoms with Crippen molar-refractivity contribution in [2.75, 3.05) is 5.32 Å². The Labute approximate surface area is 165 Å². The van der Waals surface area contributed by atoms with Gasteiger partial charge in [0.1, 0.15) is 0 Å². The van der Waals surface area contributed by atoms with Crippen molar-refractivity contribution in [3.8, 4) is 0 Å². The second kappa shape index (κ2) is 8.83. The zero-order valence-corrected chi connectivity index (χ0v) is 16.3. The molecular formula is C23H25NO4. The molecule has 0 saturated carbocycles. The number of anilines is 1. The van der Waals surface area contributed by atoms with Crippen molar-refractivity contribution in [3.05, 3.63) is 64.7 Å². The molecule has 146 valence electrons. The lowest BCUT2D eigenvalue weighted by atomic mass is 10.1. The summed E-state index contributed by atoms with van der Waals surface area (Å²) in [7, 11) is 0. The number of ketones is 1. The summed E-state index contributed by atoms with van der Waals surface area (Å²) in [4.78, 5) is 36.4. The first kappa shape index (κ1) is 19.8. The number of fused-ring (bicyclic) bond motifs is 1. The van der Waals surface area contributed by atoms with E-state index in [1.165, 1.54) is 18.1 Å². The number of esters is 1. The monoisotopic (exact) mass is 379 g/mol. The van der Waals surface area contributed by atoms with Gasteiger partial charge in [-0.3, -0.25) is 14.4 Å². The average Bonchev–Trinajstić information content (AvgIpc) is 3.14. The van der Waals surface area contributed by atoms with Gasteiger partial charge >= 0.3 is 5.97 Å². The molecule has 5 heteroatoms. The molecule has 0 radical (unpaired) electrons. The van der Waals surface area contributed by atoms with Crippen molar-refractivity contribution in [2.45, 2.75) is 52.1 Å². The van der Waals surface area contributed by atoms with Crippen molar-refractivity contribution in [1.29, 1.82) is 0 Å². The fourth-order valence-corrected chi connectivity index (χ4v) is 3.30. The predicted octanol–water partition coefficient (Wildman–Crippen LogP) is 4.02. The minimum Gasteiger partial charge on any atom is -0.453 e. The summed E-state index contributed by atoms with van der Waals surface area (Å²) >= 11 is 0. The van der Waals surface area contributed by atoms with Crippen LogP contribution >= 0.6 is 0 Å². The summed E-state index contributed by atoms with van der Waals surface area (Å²) in [6.45, 7) is 3.48. The number of benzene rings is 2. The van der Waals surface area contributed by atoms with E-state index in [0.717, 1.165) is 24.8 Å². The molecule has 5 nitrogen and oxygen atoms in total. The van der Waals surface area contributed by atoms with Gasteiger partial charge < -0.3 is 10.1 Å². The van der Waals surface area contributed by atoms with Gasteiger partial charge in [0, 0.05) is 17.7 Å². The molecule has 1 N–H and O–H groups in total. The zero-order chi connectivity index (χ0) is 20.1. The molecule has 28 heavy (non-hydrogen) atoms. The number of carbonyl (C=O) groups is 3. The van der Waals surface area contributed by atoms with Gasteiger partial charge in [-0.05, 0) is 56.4 Å². The maximum Gasteiger partial charge on any atom is 0.307 e. The number of aryl methyl sites for hydroxylation is 3. The smallest absolute Gasteiger partial charge is 0.307 e. The molecule has 3 rings (SSSR count). The summed E-state index contributed by atoms with van der Waals surface area (Å²) in [6.07, 6.45) is 2.33. The summed E-state index contributed by atoms with van der Waals surface area (Å²) < 4.78 is 5.18. The highest BCUT2D eigenvalue weighted by Gasteiger charge is 2.20. The second-order valence-corrected chi connectivity index (χ2v) is 7.25. The van der Waals surface area contributed by atoms with Crippen LogP contribution in [-0.4, -0.2) is 23.8 Å². The number of carbonyl (C=O) groups excluding carboxylic acids is 3. The van der Waals surface area contributed by atoms with Crippen molar-refractivity contribution in [3.63, 3.8) is 0 Å². The van der Waals surface area contributed by atoms with Gasteiger partial charge in [-0.15, -0.1) is 0 Å². The third-order valence-corrected chi connectivity index (χ3v) is 4.97. The normalized spacial score (nSPS) is 13.5. The first-order chi connectivity index (χ1) is 13.4. The van der Waals surface area contributed by atoms with Crippen molar-refractivity contribution >= 4 is 23.3 Å². The molecule has 1 atom stereocenters. The van der Waals surface area contributed by atoms with E-state index in [0.29, 0.717) is 11.3 Å². The predicted molar refractivity (Wildman–Crippen MR) is 107 cm³/mol. The van der Waals surface area contributed by atoms with E-state index in [4.69, 9.17) is 4.74 Å². The SMILES string of the molecule is Cc1ccc(C(=O)CCC(=O)O[C@@H](C)C(=O)Nc2ccc3c(c2)CCC3)cc1. The van der Waals surface area contributed by atoms with Crippen molar-refractivity contribution in [2.24, 2.45) is 0 Å². The van der Waals surface area contributed by atoms with Crippen LogP contribution in [0.1, 0.15) is 53.2 Å². The quantitative estimate of drug-likeness (QED) is 0.583. The lowest BCUT2D eigenvalue weighted by Crippen LogP contribution is -2.30. The first-order valence-electron chi connectivity index (χ1n) is 9.64. The van der Waals surface area contributed by atoms with Gasteiger partial charge in [-0.25, -0.2) is 0 Å². The molecule has 0 aromatic heterocycles. The molecule has 2 aromatic carbocycles. The van der Waals surface area contributed by atoms with Crippen LogP contribution in [0.2, 0.25) is 0 Å². The average molecular weight is 379 g/mol. The van der Waals surface area contributed by atoms with E-state index in [9.17, 15) is 14.4 Å². The van der Waals surface area contributed by atoms with Gasteiger partial charge in [0.15, 0.2) is 11.9 Å². The zero-order valence-electron chi connectivity index (χ0n) is 16.3. The maximum absolute atomic E-state index is 12.3. The third-order valence-electron chi connectivity index (χ3n) is 4.97. The molecule has 0 saturated heterocycles. The number of hydrogen-bond donors (Lipinski definition) is 1. The van der Waals surface area contributed by atoms with Gasteiger partial charge in [0.05, 0.1) is 6.42 Å². The first-order valence-corrected chi connectivity index (χ1v) is 9.64. The van der Waals surface area contributed by atoms with Crippen LogP contribution in [0.25, 0.3) is 0 Å². The van der Waals surface area contributed by atoms with Gasteiger partial charge in [-0.2, -0.15) is 0 Å². The second-order valence-electron chi connectivity index (χ2n) is 7.25. The van der Waals surface area contributed by atoms with E-state index in [-0.39, 0.29) is 24.5 Å². The molecule has 0 heterocycles. The Morgan fingerprint density at radius 3 is 2.46 bits per heavy atom. The Morgan fingerprint density at radius 1 is 1.00 bits per heavy atom. The molecule has 0 fully saturated rings. The molecule has 0 unspecified atom stereocenters. The van der Waals surface area contributed by atoms with Crippen molar-refractivity contribution in [1.82, 2.24) is 0 Å². The topological polar surface area (TPSA) is 72.5 Å². The van der Waals surface area contributed by atoms with Gasteiger partial charge in [-0.1, -0.05) is 35.9 Å². The fraction of sp³-hybridized carbons (Fsp3) is 0.348. The summed E-state index contributed by atoms with van der Waals surface area (Å²) in [5, 5.41) is 2.79. The number of rotatable bonds is 7. The maximum atomic E-state index is 12.3. The van der Waals surface area contributed by atoms with Crippen LogP contribution in [0.5, 0.6) is 0 Å². The number of hydrogen-bond acceptors (Lipinski definition) is 4. The van der Waals surface area contributed by atoms with E-state index >= 15 is 0 Å². The minimum atomic E-state index is -0.921. The fourth-order valence-electron chi connectivity index (χ4n) is 3.30. The standard InChI is InChI=1S/C23H25NO4/c1-15-6-8-18(9-7-15)21(25)12-13-22(26)28-16(2)23(27)24-20-11-10-17-4-3-5-19(17)14-20/h6-11,14,16H,3-5,12-13H2,1-2H3,(H,24,27)/t16-/m0/s1. The molecule has 2 aromatic rings.